The second-order valence-electron chi connectivity index (χ2n) is 6.64. The van der Waals surface area contributed by atoms with E-state index in [0.717, 1.165) is 48.3 Å². The molecule has 2 aliphatic heterocycles. The lowest BCUT2D eigenvalue weighted by Crippen LogP contribution is -2.37. The van der Waals surface area contributed by atoms with Crippen LogP contribution in [-0.4, -0.2) is 46.1 Å². The molecule has 2 aromatic rings. The van der Waals surface area contributed by atoms with Crippen LogP contribution in [0, 0.1) is 0 Å². The predicted octanol–water partition coefficient (Wildman–Crippen LogP) is 1.07. The molecular weight excluding hydrogens is 332 g/mol. The standard InChI is InChI=1S/C19H20N4O3/c24-17-8-7-15(20-23(17)13-18(25)21-10-3-4-11-21)19(26)22-12-9-14-5-1-2-6-16(14)22/h1-2,5-8H,3-4,9-13H2. The van der Waals surface area contributed by atoms with E-state index in [1.807, 2.05) is 24.3 Å². The minimum absolute atomic E-state index is 0.128. The van der Waals surface area contributed by atoms with Gasteiger partial charge in [-0.25, -0.2) is 4.68 Å². The van der Waals surface area contributed by atoms with Crippen molar-refractivity contribution in [3.63, 3.8) is 0 Å². The van der Waals surface area contributed by atoms with Crippen LogP contribution in [0.5, 0.6) is 0 Å². The Hall–Kier alpha value is -2.96. The summed E-state index contributed by atoms with van der Waals surface area (Å²) in [5.74, 6) is -0.384. The quantitative estimate of drug-likeness (QED) is 0.828. The molecular formula is C19H20N4O3. The highest BCUT2D eigenvalue weighted by Gasteiger charge is 2.27. The Morgan fingerprint density at radius 1 is 1.00 bits per heavy atom. The molecule has 1 fully saturated rings. The molecule has 7 heteroatoms. The summed E-state index contributed by atoms with van der Waals surface area (Å²) in [7, 11) is 0. The van der Waals surface area contributed by atoms with E-state index >= 15 is 0 Å². The van der Waals surface area contributed by atoms with Gasteiger partial charge in [0.05, 0.1) is 0 Å². The number of nitrogens with zero attached hydrogens (tertiary/aromatic N) is 4. The molecule has 2 amide bonds. The van der Waals surface area contributed by atoms with Gasteiger partial charge in [0.2, 0.25) is 5.91 Å². The highest BCUT2D eigenvalue weighted by molar-refractivity contribution is 6.05. The van der Waals surface area contributed by atoms with Crippen LogP contribution in [0.2, 0.25) is 0 Å². The van der Waals surface area contributed by atoms with Gasteiger partial charge in [0.15, 0.2) is 0 Å². The van der Waals surface area contributed by atoms with Crippen LogP contribution in [0.1, 0.15) is 28.9 Å². The molecule has 0 bridgehead atoms. The Balaban J connectivity index is 1.57. The van der Waals surface area contributed by atoms with Gasteiger partial charge in [-0.1, -0.05) is 18.2 Å². The summed E-state index contributed by atoms with van der Waals surface area (Å²) in [6, 6.07) is 10.5. The van der Waals surface area contributed by atoms with E-state index < -0.39 is 0 Å². The fourth-order valence-electron chi connectivity index (χ4n) is 3.56. The van der Waals surface area contributed by atoms with E-state index in [9.17, 15) is 14.4 Å². The summed E-state index contributed by atoms with van der Waals surface area (Å²) < 4.78 is 1.09. The van der Waals surface area contributed by atoms with E-state index in [2.05, 4.69) is 5.10 Å². The predicted molar refractivity (Wildman–Crippen MR) is 96.1 cm³/mol. The first-order valence-electron chi connectivity index (χ1n) is 8.89. The molecule has 3 heterocycles. The normalized spacial score (nSPS) is 16.0. The Bertz CT molecular complexity index is 915. The third kappa shape index (κ3) is 3.00. The third-order valence-corrected chi connectivity index (χ3v) is 4.96. The zero-order valence-corrected chi connectivity index (χ0v) is 14.4. The zero-order valence-electron chi connectivity index (χ0n) is 14.4. The smallest absolute Gasteiger partial charge is 0.278 e. The molecule has 0 atom stereocenters. The molecule has 1 aromatic carbocycles. The van der Waals surface area contributed by atoms with Crippen LogP contribution < -0.4 is 10.5 Å². The molecule has 26 heavy (non-hydrogen) atoms. The fraction of sp³-hybridized carbons (Fsp3) is 0.368. The number of para-hydroxylation sites is 1. The lowest BCUT2D eigenvalue weighted by atomic mass is 10.2. The Morgan fingerprint density at radius 2 is 1.77 bits per heavy atom. The molecule has 0 unspecified atom stereocenters. The summed E-state index contributed by atoms with van der Waals surface area (Å²) in [6.07, 6.45) is 2.77. The van der Waals surface area contributed by atoms with Gasteiger partial charge in [0, 0.05) is 31.4 Å². The highest BCUT2D eigenvalue weighted by atomic mass is 16.2. The molecule has 4 rings (SSSR count). The van der Waals surface area contributed by atoms with E-state index in [0.29, 0.717) is 6.54 Å². The number of carbonyl (C=O) groups excluding carboxylic acids is 2. The number of aromatic nitrogens is 2. The zero-order chi connectivity index (χ0) is 18.1. The van der Waals surface area contributed by atoms with Crippen molar-refractivity contribution in [1.82, 2.24) is 14.7 Å². The van der Waals surface area contributed by atoms with Gasteiger partial charge in [-0.15, -0.1) is 0 Å². The van der Waals surface area contributed by atoms with Crippen molar-refractivity contribution in [2.45, 2.75) is 25.8 Å². The van der Waals surface area contributed by atoms with Crippen LogP contribution in [0.4, 0.5) is 5.69 Å². The maximum Gasteiger partial charge on any atom is 0.278 e. The summed E-state index contributed by atoms with van der Waals surface area (Å²) in [5.41, 5.74) is 1.80. The average molecular weight is 352 g/mol. The number of anilines is 1. The first-order chi connectivity index (χ1) is 12.6. The van der Waals surface area contributed by atoms with Crippen LogP contribution in [0.15, 0.2) is 41.2 Å². The van der Waals surface area contributed by atoms with Gasteiger partial charge in [-0.3, -0.25) is 14.4 Å². The van der Waals surface area contributed by atoms with Gasteiger partial charge < -0.3 is 9.80 Å². The van der Waals surface area contributed by atoms with Crippen molar-refractivity contribution in [2.75, 3.05) is 24.5 Å². The molecule has 2 aliphatic rings. The molecule has 0 spiro atoms. The largest absolute Gasteiger partial charge is 0.341 e. The number of rotatable bonds is 3. The van der Waals surface area contributed by atoms with Crippen molar-refractivity contribution >= 4 is 17.5 Å². The second-order valence-corrected chi connectivity index (χ2v) is 6.64. The average Bonchev–Trinajstić information content (AvgIpc) is 3.33. The fourth-order valence-corrected chi connectivity index (χ4v) is 3.56. The summed E-state index contributed by atoms with van der Waals surface area (Å²) in [6.45, 7) is 1.90. The van der Waals surface area contributed by atoms with Crippen LogP contribution in [0.3, 0.4) is 0 Å². The number of likely N-dealkylation sites (tertiary alicyclic amines) is 1. The van der Waals surface area contributed by atoms with E-state index in [4.69, 9.17) is 0 Å². The lowest BCUT2D eigenvalue weighted by Gasteiger charge is -2.18. The number of fused-ring (bicyclic) bond motifs is 1. The summed E-state index contributed by atoms with van der Waals surface area (Å²) in [4.78, 5) is 40.6. The number of hydrogen-bond donors (Lipinski definition) is 0. The lowest BCUT2D eigenvalue weighted by molar-refractivity contribution is -0.131. The number of amides is 2. The van der Waals surface area contributed by atoms with Gasteiger partial charge in [-0.2, -0.15) is 5.10 Å². The first kappa shape index (κ1) is 16.5. The van der Waals surface area contributed by atoms with E-state index in [1.165, 1.54) is 12.1 Å². The molecule has 1 aromatic heterocycles. The highest BCUT2D eigenvalue weighted by Crippen LogP contribution is 2.28. The minimum atomic E-state index is -0.379. The van der Waals surface area contributed by atoms with E-state index in [1.54, 1.807) is 9.80 Å². The Morgan fingerprint density at radius 3 is 2.58 bits per heavy atom. The molecule has 0 saturated carbocycles. The van der Waals surface area contributed by atoms with Crippen molar-refractivity contribution < 1.29 is 9.59 Å². The van der Waals surface area contributed by atoms with Crippen molar-refractivity contribution in [1.29, 1.82) is 0 Å². The Labute approximate surface area is 150 Å². The number of benzene rings is 1. The summed E-state index contributed by atoms with van der Waals surface area (Å²) >= 11 is 0. The first-order valence-corrected chi connectivity index (χ1v) is 8.89. The van der Waals surface area contributed by atoms with Crippen molar-refractivity contribution in [3.8, 4) is 0 Å². The Kier molecular flexibility index (Phi) is 4.28. The molecule has 0 N–H and O–H groups in total. The summed E-state index contributed by atoms with van der Waals surface area (Å²) in [5, 5.41) is 4.17. The SMILES string of the molecule is O=C(Cn1nc(C(=O)N2CCc3ccccc32)ccc1=O)N1CCCC1. The van der Waals surface area contributed by atoms with Gasteiger partial charge in [-0.05, 0) is 37.0 Å². The maximum absolute atomic E-state index is 12.9. The molecule has 7 nitrogen and oxygen atoms in total. The second kappa shape index (κ2) is 6.74. The monoisotopic (exact) mass is 352 g/mol. The number of hydrogen-bond acceptors (Lipinski definition) is 4. The van der Waals surface area contributed by atoms with Crippen molar-refractivity contribution in [3.05, 3.63) is 58.0 Å². The minimum Gasteiger partial charge on any atom is -0.341 e. The molecule has 1 saturated heterocycles. The van der Waals surface area contributed by atoms with Gasteiger partial charge in [0.25, 0.3) is 11.5 Å². The van der Waals surface area contributed by atoms with Gasteiger partial charge in [0.1, 0.15) is 12.2 Å². The van der Waals surface area contributed by atoms with Crippen LogP contribution >= 0.6 is 0 Å². The van der Waals surface area contributed by atoms with Crippen LogP contribution in [-0.2, 0) is 17.8 Å². The molecule has 0 radical (unpaired) electrons. The van der Waals surface area contributed by atoms with Gasteiger partial charge >= 0.3 is 0 Å². The van der Waals surface area contributed by atoms with E-state index in [-0.39, 0.29) is 29.6 Å². The molecule has 134 valence electrons. The topological polar surface area (TPSA) is 75.5 Å². The maximum atomic E-state index is 12.9. The number of carbonyl (C=O) groups is 2. The van der Waals surface area contributed by atoms with Crippen molar-refractivity contribution in [2.24, 2.45) is 0 Å². The molecule has 0 aliphatic carbocycles. The van der Waals surface area contributed by atoms with Crippen LogP contribution in [0.25, 0.3) is 0 Å². The third-order valence-electron chi connectivity index (χ3n) is 4.96.